The molecule has 0 radical (unpaired) electrons. The molecule has 3 rings (SSSR count). The summed E-state index contributed by atoms with van der Waals surface area (Å²) >= 11 is 3.42. The van der Waals surface area contributed by atoms with Crippen LogP contribution in [-0.2, 0) is 4.74 Å². The van der Waals surface area contributed by atoms with E-state index in [1.807, 2.05) is 22.7 Å². The van der Waals surface area contributed by atoms with Crippen LogP contribution in [0.4, 0.5) is 5.95 Å². The maximum absolute atomic E-state index is 5.32. The summed E-state index contributed by atoms with van der Waals surface area (Å²) in [7, 11) is 0. The molecular weight excluding hydrogens is 272 g/mol. The fraction of sp³-hybridized carbons (Fsp3) is 0.400. The molecule has 0 bridgehead atoms. The lowest BCUT2D eigenvalue weighted by Gasteiger charge is -2.26. The summed E-state index contributed by atoms with van der Waals surface area (Å²) in [6, 6.07) is 3.94. The number of aromatic nitrogens is 3. The van der Waals surface area contributed by atoms with Gasteiger partial charge in [-0.15, -0.1) is 10.2 Å². The average Bonchev–Trinajstić information content (AvgIpc) is 2.73. The second kappa shape index (κ2) is 4.03. The van der Waals surface area contributed by atoms with Crippen molar-refractivity contribution in [1.82, 2.24) is 14.6 Å². The zero-order valence-corrected chi connectivity index (χ0v) is 10.2. The smallest absolute Gasteiger partial charge is 0.231 e. The Bertz CT molecular complexity index is 506. The highest BCUT2D eigenvalue weighted by molar-refractivity contribution is 9.10. The predicted octanol–water partition coefficient (Wildman–Crippen LogP) is 1.33. The number of hydrogen-bond donors (Lipinski definition) is 0. The number of pyridine rings is 1. The van der Waals surface area contributed by atoms with Crippen molar-refractivity contribution in [2.75, 3.05) is 31.2 Å². The molecule has 0 N–H and O–H groups in total. The van der Waals surface area contributed by atoms with Crippen LogP contribution in [0.1, 0.15) is 0 Å². The molecule has 0 atom stereocenters. The number of ether oxygens (including phenoxy) is 1. The summed E-state index contributed by atoms with van der Waals surface area (Å²) in [5, 5.41) is 8.38. The third-order valence-electron chi connectivity index (χ3n) is 2.65. The second-order valence-electron chi connectivity index (χ2n) is 3.67. The standard InChI is InChI=1S/C10H11BrN4O/c11-8-1-2-15-9(7-8)12-13-10(15)14-3-5-16-6-4-14/h1-2,7H,3-6H2. The molecule has 1 aliphatic heterocycles. The van der Waals surface area contributed by atoms with Crippen molar-refractivity contribution in [3.8, 4) is 0 Å². The molecule has 0 saturated carbocycles. The van der Waals surface area contributed by atoms with Gasteiger partial charge in [-0.1, -0.05) is 15.9 Å². The Morgan fingerprint density at radius 1 is 1.25 bits per heavy atom. The third-order valence-corrected chi connectivity index (χ3v) is 3.14. The van der Waals surface area contributed by atoms with Crippen LogP contribution in [-0.4, -0.2) is 40.9 Å². The number of anilines is 1. The lowest BCUT2D eigenvalue weighted by molar-refractivity contribution is 0.122. The first-order valence-corrected chi connectivity index (χ1v) is 5.97. The molecule has 0 amide bonds. The largest absolute Gasteiger partial charge is 0.378 e. The van der Waals surface area contributed by atoms with Gasteiger partial charge in [0.15, 0.2) is 5.65 Å². The van der Waals surface area contributed by atoms with E-state index in [-0.39, 0.29) is 0 Å². The van der Waals surface area contributed by atoms with Crippen molar-refractivity contribution in [3.63, 3.8) is 0 Å². The van der Waals surface area contributed by atoms with E-state index < -0.39 is 0 Å². The van der Waals surface area contributed by atoms with Gasteiger partial charge in [-0.05, 0) is 12.1 Å². The maximum Gasteiger partial charge on any atom is 0.231 e. The third kappa shape index (κ3) is 1.68. The Balaban J connectivity index is 2.03. The van der Waals surface area contributed by atoms with Crippen molar-refractivity contribution in [3.05, 3.63) is 22.8 Å². The van der Waals surface area contributed by atoms with E-state index >= 15 is 0 Å². The first-order chi connectivity index (χ1) is 7.84. The molecule has 1 fully saturated rings. The number of morpholine rings is 1. The van der Waals surface area contributed by atoms with Crippen LogP contribution in [0.5, 0.6) is 0 Å². The molecule has 84 valence electrons. The molecule has 1 aliphatic rings. The van der Waals surface area contributed by atoms with Gasteiger partial charge in [0, 0.05) is 23.8 Å². The zero-order chi connectivity index (χ0) is 11.0. The molecule has 2 aromatic rings. The molecule has 1 saturated heterocycles. The van der Waals surface area contributed by atoms with Gasteiger partial charge in [-0.25, -0.2) is 0 Å². The molecule has 2 aromatic heterocycles. The number of hydrogen-bond acceptors (Lipinski definition) is 4. The van der Waals surface area contributed by atoms with Crippen molar-refractivity contribution in [2.45, 2.75) is 0 Å². The van der Waals surface area contributed by atoms with Crippen LogP contribution < -0.4 is 4.90 Å². The summed E-state index contributed by atoms with van der Waals surface area (Å²) < 4.78 is 8.33. The Hall–Kier alpha value is -1.14. The first-order valence-electron chi connectivity index (χ1n) is 5.17. The van der Waals surface area contributed by atoms with Gasteiger partial charge in [-0.2, -0.15) is 0 Å². The van der Waals surface area contributed by atoms with Crippen molar-refractivity contribution in [2.24, 2.45) is 0 Å². The van der Waals surface area contributed by atoms with E-state index in [2.05, 4.69) is 31.0 Å². The highest BCUT2D eigenvalue weighted by Crippen LogP contribution is 2.18. The molecule has 0 aromatic carbocycles. The van der Waals surface area contributed by atoms with Crippen LogP contribution in [0.3, 0.4) is 0 Å². The summed E-state index contributed by atoms with van der Waals surface area (Å²) in [4.78, 5) is 2.19. The van der Waals surface area contributed by atoms with E-state index in [1.54, 1.807) is 0 Å². The van der Waals surface area contributed by atoms with E-state index in [4.69, 9.17) is 4.74 Å². The Morgan fingerprint density at radius 3 is 2.88 bits per heavy atom. The maximum atomic E-state index is 5.32. The summed E-state index contributed by atoms with van der Waals surface area (Å²) in [6.45, 7) is 3.25. The van der Waals surface area contributed by atoms with Gasteiger partial charge < -0.3 is 9.64 Å². The van der Waals surface area contributed by atoms with E-state index in [9.17, 15) is 0 Å². The summed E-state index contributed by atoms with van der Waals surface area (Å²) in [6.07, 6.45) is 1.98. The molecular formula is C10H11BrN4O. The van der Waals surface area contributed by atoms with Gasteiger partial charge >= 0.3 is 0 Å². The average molecular weight is 283 g/mol. The highest BCUT2D eigenvalue weighted by atomic mass is 79.9. The molecule has 0 unspecified atom stereocenters. The van der Waals surface area contributed by atoms with Gasteiger partial charge in [0.25, 0.3) is 0 Å². The van der Waals surface area contributed by atoms with Crippen LogP contribution >= 0.6 is 15.9 Å². The Labute approximate surface area is 101 Å². The molecule has 5 nitrogen and oxygen atoms in total. The fourth-order valence-corrected chi connectivity index (χ4v) is 2.16. The predicted molar refractivity (Wildman–Crippen MR) is 63.7 cm³/mol. The number of fused-ring (bicyclic) bond motifs is 1. The topological polar surface area (TPSA) is 42.7 Å². The van der Waals surface area contributed by atoms with Crippen molar-refractivity contribution < 1.29 is 4.74 Å². The number of halogens is 1. The minimum Gasteiger partial charge on any atom is -0.378 e. The Kier molecular flexibility index (Phi) is 2.53. The zero-order valence-electron chi connectivity index (χ0n) is 8.64. The van der Waals surface area contributed by atoms with Gasteiger partial charge in [0.1, 0.15) is 0 Å². The number of nitrogens with zero attached hydrogens (tertiary/aromatic N) is 4. The van der Waals surface area contributed by atoms with E-state index in [1.165, 1.54) is 0 Å². The number of rotatable bonds is 1. The van der Waals surface area contributed by atoms with E-state index in [0.29, 0.717) is 0 Å². The molecule has 6 heteroatoms. The molecule has 0 aliphatic carbocycles. The van der Waals surface area contributed by atoms with Gasteiger partial charge in [0.2, 0.25) is 5.95 Å². The SMILES string of the molecule is Brc1ccn2c(N3CCOCC3)nnc2c1. The summed E-state index contributed by atoms with van der Waals surface area (Å²) in [5.74, 6) is 0.894. The second-order valence-corrected chi connectivity index (χ2v) is 4.59. The summed E-state index contributed by atoms with van der Waals surface area (Å²) in [5.41, 5.74) is 0.857. The highest BCUT2D eigenvalue weighted by Gasteiger charge is 2.16. The lowest BCUT2D eigenvalue weighted by Crippen LogP contribution is -2.37. The quantitative estimate of drug-likeness (QED) is 0.792. The lowest BCUT2D eigenvalue weighted by atomic mass is 10.4. The van der Waals surface area contributed by atoms with Crippen LogP contribution in [0, 0.1) is 0 Å². The minimum absolute atomic E-state index is 0.755. The molecule has 16 heavy (non-hydrogen) atoms. The van der Waals surface area contributed by atoms with Crippen molar-refractivity contribution >= 4 is 27.5 Å². The van der Waals surface area contributed by atoms with Gasteiger partial charge in [-0.3, -0.25) is 4.40 Å². The van der Waals surface area contributed by atoms with Crippen LogP contribution in [0.25, 0.3) is 5.65 Å². The monoisotopic (exact) mass is 282 g/mol. The minimum atomic E-state index is 0.755. The van der Waals surface area contributed by atoms with Crippen LogP contribution in [0.2, 0.25) is 0 Å². The fourth-order valence-electron chi connectivity index (χ4n) is 1.83. The Morgan fingerprint density at radius 2 is 2.06 bits per heavy atom. The van der Waals surface area contributed by atoms with Gasteiger partial charge in [0.05, 0.1) is 13.2 Å². The molecule has 0 spiro atoms. The van der Waals surface area contributed by atoms with Crippen molar-refractivity contribution in [1.29, 1.82) is 0 Å². The van der Waals surface area contributed by atoms with E-state index in [0.717, 1.165) is 42.4 Å². The van der Waals surface area contributed by atoms with Crippen LogP contribution in [0.15, 0.2) is 22.8 Å². The molecule has 3 heterocycles. The first kappa shape index (κ1) is 10.0. The normalized spacial score (nSPS) is 16.9.